The highest BCUT2D eigenvalue weighted by molar-refractivity contribution is 5.82. The van der Waals surface area contributed by atoms with Crippen LogP contribution in [0.5, 0.6) is 0 Å². The van der Waals surface area contributed by atoms with Gasteiger partial charge in [0, 0.05) is 19.5 Å². The summed E-state index contributed by atoms with van der Waals surface area (Å²) >= 11 is 0. The molecule has 0 aromatic carbocycles. The Hall–Kier alpha value is -2.33. The first kappa shape index (κ1) is 19.0. The average Bonchev–Trinajstić information content (AvgIpc) is 3.03. The lowest BCUT2D eigenvalue weighted by Gasteiger charge is -2.10. The maximum absolute atomic E-state index is 12.0. The molecule has 1 aliphatic heterocycles. The minimum atomic E-state index is -0.0415. The SMILES string of the molecule is CCCNc1nc(N)ncc1C#CCCCNC(=O)C1C[C@H](C)CN1. The van der Waals surface area contributed by atoms with Crippen molar-refractivity contribution in [3.63, 3.8) is 0 Å². The number of nitrogens with one attached hydrogen (secondary N) is 3. The van der Waals surface area contributed by atoms with Gasteiger partial charge in [0.05, 0.1) is 17.8 Å². The van der Waals surface area contributed by atoms with Gasteiger partial charge in [-0.2, -0.15) is 4.98 Å². The van der Waals surface area contributed by atoms with Crippen LogP contribution in [0.1, 0.15) is 45.1 Å². The third kappa shape index (κ3) is 6.24. The fraction of sp³-hybridized carbons (Fsp3) is 0.611. The molecule has 1 aliphatic rings. The van der Waals surface area contributed by atoms with Crippen LogP contribution in [0.3, 0.4) is 0 Å². The predicted molar refractivity (Wildman–Crippen MR) is 99.9 cm³/mol. The topological polar surface area (TPSA) is 105 Å². The summed E-state index contributed by atoms with van der Waals surface area (Å²) in [6.07, 6.45) is 5.06. The van der Waals surface area contributed by atoms with Crippen molar-refractivity contribution in [2.75, 3.05) is 30.7 Å². The van der Waals surface area contributed by atoms with Gasteiger partial charge in [0.15, 0.2) is 0 Å². The fourth-order valence-electron chi connectivity index (χ4n) is 2.65. The van der Waals surface area contributed by atoms with Crippen LogP contribution in [0.25, 0.3) is 0 Å². The number of hydrogen-bond donors (Lipinski definition) is 4. The molecule has 0 spiro atoms. The third-order valence-electron chi connectivity index (χ3n) is 4.02. The number of aromatic nitrogens is 2. The van der Waals surface area contributed by atoms with Crippen molar-refractivity contribution in [3.05, 3.63) is 11.8 Å². The molecule has 136 valence electrons. The molecule has 1 saturated heterocycles. The molecule has 0 bridgehead atoms. The summed E-state index contributed by atoms with van der Waals surface area (Å²) in [5.74, 6) is 7.77. The van der Waals surface area contributed by atoms with E-state index in [1.807, 2.05) is 0 Å². The summed E-state index contributed by atoms with van der Waals surface area (Å²) < 4.78 is 0. The summed E-state index contributed by atoms with van der Waals surface area (Å²) in [7, 11) is 0. The average molecular weight is 344 g/mol. The van der Waals surface area contributed by atoms with E-state index in [1.54, 1.807) is 6.20 Å². The second-order valence-electron chi connectivity index (χ2n) is 6.42. The quantitative estimate of drug-likeness (QED) is 0.436. The zero-order valence-electron chi connectivity index (χ0n) is 15.1. The number of carbonyl (C=O) groups excluding carboxylic acids is 1. The van der Waals surface area contributed by atoms with Gasteiger partial charge in [-0.25, -0.2) is 4.98 Å². The van der Waals surface area contributed by atoms with Gasteiger partial charge in [0.25, 0.3) is 0 Å². The van der Waals surface area contributed by atoms with Crippen molar-refractivity contribution in [3.8, 4) is 11.8 Å². The van der Waals surface area contributed by atoms with Gasteiger partial charge in [0.2, 0.25) is 11.9 Å². The maximum atomic E-state index is 12.0. The number of rotatable bonds is 7. The summed E-state index contributed by atoms with van der Waals surface area (Å²) in [6, 6.07) is -0.0415. The van der Waals surface area contributed by atoms with E-state index in [-0.39, 0.29) is 17.9 Å². The Kier molecular flexibility index (Phi) is 7.48. The van der Waals surface area contributed by atoms with Crippen LogP contribution in [0.4, 0.5) is 11.8 Å². The number of nitrogens with zero attached hydrogens (tertiary/aromatic N) is 2. The molecule has 7 heteroatoms. The first-order chi connectivity index (χ1) is 12.1. The van der Waals surface area contributed by atoms with Gasteiger partial charge in [-0.1, -0.05) is 25.7 Å². The standard InChI is InChI=1S/C18H28N6O/c1-3-8-20-16-14(12-23-18(19)24-16)7-5-4-6-9-21-17(25)15-10-13(2)11-22-15/h12-13,15,22H,3-4,6,8-11H2,1-2H3,(H,21,25)(H3,19,20,23,24)/t13-,15?/m0/s1. The molecule has 0 radical (unpaired) electrons. The molecule has 1 aromatic heterocycles. The Labute approximate surface area is 149 Å². The zero-order chi connectivity index (χ0) is 18.1. The smallest absolute Gasteiger partial charge is 0.237 e. The molecule has 0 saturated carbocycles. The number of amides is 1. The first-order valence-electron chi connectivity index (χ1n) is 8.96. The molecule has 1 amide bonds. The Balaban J connectivity index is 1.74. The van der Waals surface area contributed by atoms with Crippen LogP contribution >= 0.6 is 0 Å². The van der Waals surface area contributed by atoms with E-state index in [1.165, 1.54) is 0 Å². The van der Waals surface area contributed by atoms with Crippen LogP contribution in [0.15, 0.2) is 6.20 Å². The zero-order valence-corrected chi connectivity index (χ0v) is 15.1. The van der Waals surface area contributed by atoms with Crippen LogP contribution < -0.4 is 21.7 Å². The largest absolute Gasteiger partial charge is 0.369 e. The van der Waals surface area contributed by atoms with Crippen LogP contribution in [-0.4, -0.2) is 41.6 Å². The molecule has 2 atom stereocenters. The molecule has 0 aliphatic carbocycles. The van der Waals surface area contributed by atoms with Crippen LogP contribution in [0.2, 0.25) is 0 Å². The highest BCUT2D eigenvalue weighted by Gasteiger charge is 2.26. The Morgan fingerprint density at radius 2 is 2.32 bits per heavy atom. The van der Waals surface area contributed by atoms with E-state index in [9.17, 15) is 4.79 Å². The Morgan fingerprint density at radius 1 is 1.48 bits per heavy atom. The Bertz CT molecular complexity index is 636. The van der Waals surface area contributed by atoms with E-state index in [4.69, 9.17) is 5.73 Å². The van der Waals surface area contributed by atoms with Gasteiger partial charge in [0.1, 0.15) is 5.82 Å². The van der Waals surface area contributed by atoms with Crippen molar-refractivity contribution in [1.29, 1.82) is 0 Å². The van der Waals surface area contributed by atoms with Crippen molar-refractivity contribution in [2.24, 2.45) is 5.92 Å². The normalized spacial score (nSPS) is 19.1. The summed E-state index contributed by atoms with van der Waals surface area (Å²) in [5, 5.41) is 9.41. The van der Waals surface area contributed by atoms with Crippen molar-refractivity contribution in [1.82, 2.24) is 20.6 Å². The summed E-state index contributed by atoms with van der Waals surface area (Å²) in [6.45, 7) is 6.60. The highest BCUT2D eigenvalue weighted by Crippen LogP contribution is 2.13. The lowest BCUT2D eigenvalue weighted by Crippen LogP contribution is -2.40. The summed E-state index contributed by atoms with van der Waals surface area (Å²) in [5.41, 5.74) is 6.37. The van der Waals surface area contributed by atoms with E-state index in [2.05, 4.69) is 51.6 Å². The maximum Gasteiger partial charge on any atom is 0.237 e. The van der Waals surface area contributed by atoms with Crippen LogP contribution in [-0.2, 0) is 4.79 Å². The molecule has 7 nitrogen and oxygen atoms in total. The fourth-order valence-corrected chi connectivity index (χ4v) is 2.65. The molecule has 2 rings (SSSR count). The molecule has 5 N–H and O–H groups in total. The third-order valence-corrected chi connectivity index (χ3v) is 4.02. The molecule has 25 heavy (non-hydrogen) atoms. The van der Waals surface area contributed by atoms with Gasteiger partial charge in [-0.15, -0.1) is 0 Å². The number of nitrogen functional groups attached to an aromatic ring is 1. The summed E-state index contributed by atoms with van der Waals surface area (Å²) in [4.78, 5) is 20.2. The second kappa shape index (κ2) is 9.84. The van der Waals surface area contributed by atoms with E-state index in [0.29, 0.717) is 24.7 Å². The number of hydrogen-bond acceptors (Lipinski definition) is 6. The number of nitrogens with two attached hydrogens (primary N) is 1. The van der Waals surface area contributed by atoms with E-state index >= 15 is 0 Å². The second-order valence-corrected chi connectivity index (χ2v) is 6.42. The lowest BCUT2D eigenvalue weighted by atomic mass is 10.1. The van der Waals surface area contributed by atoms with Gasteiger partial charge >= 0.3 is 0 Å². The van der Waals surface area contributed by atoms with E-state index in [0.717, 1.165) is 37.9 Å². The van der Waals surface area contributed by atoms with Crippen molar-refractivity contribution >= 4 is 17.7 Å². The van der Waals surface area contributed by atoms with E-state index < -0.39 is 0 Å². The highest BCUT2D eigenvalue weighted by atomic mass is 16.2. The molecule has 1 unspecified atom stereocenters. The lowest BCUT2D eigenvalue weighted by molar-refractivity contribution is -0.122. The predicted octanol–water partition coefficient (Wildman–Crippen LogP) is 1.13. The molecule has 2 heterocycles. The first-order valence-corrected chi connectivity index (χ1v) is 8.96. The van der Waals surface area contributed by atoms with Gasteiger partial charge < -0.3 is 21.7 Å². The van der Waals surface area contributed by atoms with Gasteiger partial charge in [-0.3, -0.25) is 4.79 Å². The number of carbonyl (C=O) groups is 1. The number of anilines is 2. The monoisotopic (exact) mass is 344 g/mol. The molecule has 1 fully saturated rings. The minimum Gasteiger partial charge on any atom is -0.369 e. The van der Waals surface area contributed by atoms with Gasteiger partial charge in [-0.05, 0) is 31.7 Å². The number of unbranched alkanes of at least 4 members (excludes halogenated alkanes) is 1. The molecular formula is C18H28N6O. The van der Waals surface area contributed by atoms with Crippen molar-refractivity contribution in [2.45, 2.75) is 45.6 Å². The molecule has 1 aromatic rings. The molecular weight excluding hydrogens is 316 g/mol. The van der Waals surface area contributed by atoms with Crippen LogP contribution in [0, 0.1) is 17.8 Å². The van der Waals surface area contributed by atoms with Crippen molar-refractivity contribution < 1.29 is 4.79 Å². The minimum absolute atomic E-state index is 0.0415. The Morgan fingerprint density at radius 3 is 3.04 bits per heavy atom.